The summed E-state index contributed by atoms with van der Waals surface area (Å²) in [5.41, 5.74) is 3.13. The first-order chi connectivity index (χ1) is 7.69. The van der Waals surface area contributed by atoms with E-state index in [0.29, 0.717) is 10.6 Å². The van der Waals surface area contributed by atoms with Gasteiger partial charge in [-0.15, -0.1) is 6.58 Å². The molecule has 1 aromatic rings. The monoisotopic (exact) mass is 242 g/mol. The summed E-state index contributed by atoms with van der Waals surface area (Å²) in [5, 5.41) is 0.514. The van der Waals surface area contributed by atoms with Crippen molar-refractivity contribution in [3.05, 3.63) is 47.3 Å². The quantitative estimate of drug-likeness (QED) is 0.348. The Labute approximate surface area is 100 Å². The van der Waals surface area contributed by atoms with Crippen molar-refractivity contribution in [2.24, 2.45) is 5.84 Å². The highest BCUT2D eigenvalue weighted by Crippen LogP contribution is 2.24. The van der Waals surface area contributed by atoms with Crippen molar-refractivity contribution in [1.82, 2.24) is 5.43 Å². The standard InChI is InChI=1S/C12H16ClFN2/c1-2-3-4-5-12(16-15)10-8-9(13)6-7-11(10)14/h2,6-8,12,16H,1,3-5,15H2. The van der Waals surface area contributed by atoms with Gasteiger partial charge < -0.3 is 0 Å². The summed E-state index contributed by atoms with van der Waals surface area (Å²) in [6.07, 6.45) is 4.38. The normalized spacial score (nSPS) is 12.4. The molecule has 0 spiro atoms. The van der Waals surface area contributed by atoms with Gasteiger partial charge in [0.1, 0.15) is 5.82 Å². The topological polar surface area (TPSA) is 38.0 Å². The summed E-state index contributed by atoms with van der Waals surface area (Å²) in [5.74, 6) is 5.13. The molecule has 0 saturated heterocycles. The van der Waals surface area contributed by atoms with Crippen LogP contribution in [0.5, 0.6) is 0 Å². The lowest BCUT2D eigenvalue weighted by Crippen LogP contribution is -2.28. The number of nitrogens with one attached hydrogen (secondary N) is 1. The molecule has 16 heavy (non-hydrogen) atoms. The Balaban J connectivity index is 2.77. The number of halogens is 2. The fourth-order valence-corrected chi connectivity index (χ4v) is 1.76. The molecule has 2 nitrogen and oxygen atoms in total. The largest absolute Gasteiger partial charge is 0.271 e. The van der Waals surface area contributed by atoms with Gasteiger partial charge in [-0.3, -0.25) is 11.3 Å². The molecule has 0 saturated carbocycles. The van der Waals surface area contributed by atoms with Gasteiger partial charge in [0, 0.05) is 16.6 Å². The third-order valence-electron chi connectivity index (χ3n) is 2.44. The maximum Gasteiger partial charge on any atom is 0.128 e. The third kappa shape index (κ3) is 3.59. The van der Waals surface area contributed by atoms with E-state index in [1.165, 1.54) is 12.1 Å². The highest BCUT2D eigenvalue weighted by Gasteiger charge is 2.14. The molecule has 1 aromatic carbocycles. The molecule has 0 amide bonds. The molecule has 88 valence electrons. The van der Waals surface area contributed by atoms with Crippen LogP contribution in [0.1, 0.15) is 30.9 Å². The van der Waals surface area contributed by atoms with Crippen molar-refractivity contribution < 1.29 is 4.39 Å². The van der Waals surface area contributed by atoms with Crippen molar-refractivity contribution >= 4 is 11.6 Å². The molecule has 0 aliphatic heterocycles. The van der Waals surface area contributed by atoms with Gasteiger partial charge in [0.2, 0.25) is 0 Å². The lowest BCUT2D eigenvalue weighted by atomic mass is 10.0. The summed E-state index contributed by atoms with van der Waals surface area (Å²) >= 11 is 5.83. The number of hydrogen-bond donors (Lipinski definition) is 2. The summed E-state index contributed by atoms with van der Waals surface area (Å²) in [6.45, 7) is 3.64. The molecular weight excluding hydrogens is 227 g/mol. The Hall–Kier alpha value is -0.900. The third-order valence-corrected chi connectivity index (χ3v) is 2.67. The van der Waals surface area contributed by atoms with Crippen molar-refractivity contribution in [2.75, 3.05) is 0 Å². The predicted octanol–water partition coefficient (Wildman–Crippen LogP) is 3.34. The molecule has 4 heteroatoms. The summed E-state index contributed by atoms with van der Waals surface area (Å²) in [4.78, 5) is 0. The smallest absolute Gasteiger partial charge is 0.128 e. The van der Waals surface area contributed by atoms with Crippen molar-refractivity contribution in [3.63, 3.8) is 0 Å². The minimum Gasteiger partial charge on any atom is -0.271 e. The molecular formula is C12H16ClFN2. The number of hydrogen-bond acceptors (Lipinski definition) is 2. The zero-order valence-corrected chi connectivity index (χ0v) is 9.80. The Morgan fingerprint density at radius 1 is 1.56 bits per heavy atom. The zero-order valence-electron chi connectivity index (χ0n) is 9.05. The average Bonchev–Trinajstić information content (AvgIpc) is 2.28. The van der Waals surface area contributed by atoms with Gasteiger partial charge in [-0.2, -0.15) is 0 Å². The van der Waals surface area contributed by atoms with Crippen molar-refractivity contribution in [1.29, 1.82) is 0 Å². The van der Waals surface area contributed by atoms with E-state index in [0.717, 1.165) is 19.3 Å². The van der Waals surface area contributed by atoms with Crippen LogP contribution in [-0.2, 0) is 0 Å². The van der Waals surface area contributed by atoms with E-state index >= 15 is 0 Å². The van der Waals surface area contributed by atoms with E-state index in [4.69, 9.17) is 17.4 Å². The number of hydrazine groups is 1. The number of unbranched alkanes of at least 4 members (excludes halogenated alkanes) is 1. The van der Waals surface area contributed by atoms with Gasteiger partial charge in [-0.05, 0) is 37.5 Å². The fraction of sp³-hybridized carbons (Fsp3) is 0.333. The maximum absolute atomic E-state index is 13.5. The second-order valence-electron chi connectivity index (χ2n) is 3.60. The molecule has 0 aromatic heterocycles. The predicted molar refractivity (Wildman–Crippen MR) is 65.5 cm³/mol. The van der Waals surface area contributed by atoms with E-state index in [9.17, 15) is 4.39 Å². The van der Waals surface area contributed by atoms with E-state index in [2.05, 4.69) is 12.0 Å². The first-order valence-corrected chi connectivity index (χ1v) is 5.58. The first kappa shape index (κ1) is 13.2. The van der Waals surface area contributed by atoms with Gasteiger partial charge in [0.05, 0.1) is 0 Å². The molecule has 1 rings (SSSR count). The van der Waals surface area contributed by atoms with E-state index in [1.807, 2.05) is 6.08 Å². The van der Waals surface area contributed by atoms with Crippen molar-refractivity contribution in [2.45, 2.75) is 25.3 Å². The Morgan fingerprint density at radius 3 is 2.94 bits per heavy atom. The summed E-state index contributed by atoms with van der Waals surface area (Å²) < 4.78 is 13.5. The number of allylic oxidation sites excluding steroid dienone is 1. The van der Waals surface area contributed by atoms with Gasteiger partial charge in [-0.1, -0.05) is 17.7 Å². The highest BCUT2D eigenvalue weighted by atomic mass is 35.5. The van der Waals surface area contributed by atoms with Crippen LogP contribution in [0.3, 0.4) is 0 Å². The SMILES string of the molecule is C=CCCCC(NN)c1cc(Cl)ccc1F. The molecule has 0 heterocycles. The van der Waals surface area contributed by atoms with Crippen LogP contribution in [0.25, 0.3) is 0 Å². The molecule has 0 aliphatic carbocycles. The van der Waals surface area contributed by atoms with Crippen LogP contribution >= 0.6 is 11.6 Å². The van der Waals surface area contributed by atoms with Crippen molar-refractivity contribution in [3.8, 4) is 0 Å². The minimum atomic E-state index is -0.286. The minimum absolute atomic E-state index is 0.210. The number of nitrogens with two attached hydrogens (primary N) is 1. The van der Waals surface area contributed by atoms with E-state index in [-0.39, 0.29) is 11.9 Å². The Kier molecular flexibility index (Phi) is 5.46. The van der Waals surface area contributed by atoms with Gasteiger partial charge in [0.15, 0.2) is 0 Å². The summed E-state index contributed by atoms with van der Waals surface area (Å²) in [6, 6.07) is 4.28. The lowest BCUT2D eigenvalue weighted by Gasteiger charge is -2.16. The van der Waals surface area contributed by atoms with Crippen LogP contribution in [-0.4, -0.2) is 0 Å². The maximum atomic E-state index is 13.5. The molecule has 1 atom stereocenters. The molecule has 0 radical (unpaired) electrons. The van der Waals surface area contributed by atoms with E-state index < -0.39 is 0 Å². The molecule has 3 N–H and O–H groups in total. The average molecular weight is 243 g/mol. The Morgan fingerprint density at radius 2 is 2.31 bits per heavy atom. The van der Waals surface area contributed by atoms with Gasteiger partial charge >= 0.3 is 0 Å². The number of rotatable bonds is 6. The van der Waals surface area contributed by atoms with Gasteiger partial charge in [0.25, 0.3) is 0 Å². The summed E-state index contributed by atoms with van der Waals surface area (Å²) in [7, 11) is 0. The first-order valence-electron chi connectivity index (χ1n) is 5.21. The molecule has 0 fully saturated rings. The highest BCUT2D eigenvalue weighted by molar-refractivity contribution is 6.30. The van der Waals surface area contributed by atoms with Gasteiger partial charge in [-0.25, -0.2) is 4.39 Å². The van der Waals surface area contributed by atoms with Crippen LogP contribution in [0.15, 0.2) is 30.9 Å². The van der Waals surface area contributed by atoms with Crippen LogP contribution in [0, 0.1) is 5.82 Å². The molecule has 1 unspecified atom stereocenters. The second-order valence-corrected chi connectivity index (χ2v) is 4.04. The Bertz CT molecular complexity index is 355. The lowest BCUT2D eigenvalue weighted by molar-refractivity contribution is 0.474. The fourth-order valence-electron chi connectivity index (χ4n) is 1.58. The molecule has 0 aliphatic rings. The van der Waals surface area contributed by atoms with E-state index in [1.54, 1.807) is 6.07 Å². The number of benzene rings is 1. The zero-order chi connectivity index (χ0) is 12.0. The van der Waals surface area contributed by atoms with Crippen LogP contribution in [0.4, 0.5) is 4.39 Å². The molecule has 0 bridgehead atoms. The van der Waals surface area contributed by atoms with Crippen LogP contribution < -0.4 is 11.3 Å². The van der Waals surface area contributed by atoms with Crippen LogP contribution in [0.2, 0.25) is 5.02 Å². The second kappa shape index (κ2) is 6.63.